The molecule has 0 aliphatic carbocycles. The number of rotatable bonds is 4. The van der Waals surface area contributed by atoms with Gasteiger partial charge in [0.15, 0.2) is 0 Å². The smallest absolute Gasteiger partial charge is 0.282 e. The lowest BCUT2D eigenvalue weighted by Gasteiger charge is -2.29. The minimum absolute atomic E-state index is 0.0133. The lowest BCUT2D eigenvalue weighted by Crippen LogP contribution is -2.45. The van der Waals surface area contributed by atoms with Gasteiger partial charge in [-0.25, -0.2) is 0 Å². The SMILES string of the molecule is CC(O)CC1CCCN1S(=O)(=O)N1CCCC1. The fraction of sp³-hybridized carbons (Fsp3) is 1.00. The molecular weight excluding hydrogens is 240 g/mol. The Hall–Kier alpha value is -0.170. The summed E-state index contributed by atoms with van der Waals surface area (Å²) >= 11 is 0. The molecule has 0 bridgehead atoms. The number of aliphatic hydroxyl groups is 1. The van der Waals surface area contributed by atoms with Crippen LogP contribution in [0.5, 0.6) is 0 Å². The molecule has 2 saturated heterocycles. The Morgan fingerprint density at radius 1 is 1.24 bits per heavy atom. The summed E-state index contributed by atoms with van der Waals surface area (Å²) in [6.45, 7) is 3.63. The van der Waals surface area contributed by atoms with Crippen LogP contribution in [-0.4, -0.2) is 53.9 Å². The first-order chi connectivity index (χ1) is 8.01. The van der Waals surface area contributed by atoms with E-state index >= 15 is 0 Å². The van der Waals surface area contributed by atoms with Crippen molar-refractivity contribution in [1.82, 2.24) is 8.61 Å². The van der Waals surface area contributed by atoms with E-state index in [0.717, 1.165) is 25.7 Å². The predicted octanol–water partition coefficient (Wildman–Crippen LogP) is 0.562. The molecule has 0 saturated carbocycles. The molecule has 2 rings (SSSR count). The first-order valence-electron chi connectivity index (χ1n) is 6.47. The van der Waals surface area contributed by atoms with E-state index in [4.69, 9.17) is 0 Å². The topological polar surface area (TPSA) is 60.9 Å². The standard InChI is InChI=1S/C11H22N2O3S/c1-10(14)9-11-5-4-8-13(11)17(15,16)12-6-2-3-7-12/h10-11,14H,2-9H2,1H3. The van der Waals surface area contributed by atoms with Gasteiger partial charge in [-0.2, -0.15) is 17.0 Å². The van der Waals surface area contributed by atoms with Crippen LogP contribution in [0.25, 0.3) is 0 Å². The summed E-state index contributed by atoms with van der Waals surface area (Å²) in [6.07, 6.45) is 3.83. The monoisotopic (exact) mass is 262 g/mol. The van der Waals surface area contributed by atoms with Crippen molar-refractivity contribution >= 4 is 10.2 Å². The zero-order valence-electron chi connectivity index (χ0n) is 10.4. The molecule has 1 N–H and O–H groups in total. The van der Waals surface area contributed by atoms with Gasteiger partial charge in [-0.15, -0.1) is 0 Å². The second-order valence-electron chi connectivity index (χ2n) is 5.11. The molecule has 100 valence electrons. The molecule has 2 aliphatic rings. The molecule has 2 heterocycles. The Balaban J connectivity index is 2.09. The van der Waals surface area contributed by atoms with Gasteiger partial charge in [0.05, 0.1) is 6.10 Å². The van der Waals surface area contributed by atoms with E-state index in [1.807, 2.05) is 0 Å². The zero-order valence-corrected chi connectivity index (χ0v) is 11.2. The van der Waals surface area contributed by atoms with Crippen molar-refractivity contribution < 1.29 is 13.5 Å². The molecule has 0 aromatic carbocycles. The summed E-state index contributed by atoms with van der Waals surface area (Å²) in [7, 11) is -3.28. The quantitative estimate of drug-likeness (QED) is 0.805. The third-order valence-corrected chi connectivity index (χ3v) is 5.72. The van der Waals surface area contributed by atoms with E-state index in [1.165, 1.54) is 0 Å². The fourth-order valence-corrected chi connectivity index (χ4v) is 4.75. The second kappa shape index (κ2) is 5.22. The largest absolute Gasteiger partial charge is 0.393 e. The molecule has 6 heteroatoms. The van der Waals surface area contributed by atoms with Crippen molar-refractivity contribution in [3.05, 3.63) is 0 Å². The van der Waals surface area contributed by atoms with Crippen LogP contribution in [0.4, 0.5) is 0 Å². The van der Waals surface area contributed by atoms with Gasteiger partial charge in [0, 0.05) is 25.7 Å². The summed E-state index contributed by atoms with van der Waals surface area (Å²) in [5.74, 6) is 0. The van der Waals surface area contributed by atoms with E-state index in [0.29, 0.717) is 26.1 Å². The molecule has 0 aromatic rings. The van der Waals surface area contributed by atoms with Crippen molar-refractivity contribution in [2.45, 2.75) is 51.2 Å². The number of aliphatic hydroxyl groups excluding tert-OH is 1. The first-order valence-corrected chi connectivity index (χ1v) is 7.86. The summed E-state index contributed by atoms with van der Waals surface area (Å²) in [5.41, 5.74) is 0. The van der Waals surface area contributed by atoms with Gasteiger partial charge < -0.3 is 5.11 Å². The molecule has 17 heavy (non-hydrogen) atoms. The first kappa shape index (κ1) is 13.3. The average molecular weight is 262 g/mol. The van der Waals surface area contributed by atoms with Crippen LogP contribution in [0.1, 0.15) is 39.0 Å². The molecule has 0 aromatic heterocycles. The lowest BCUT2D eigenvalue weighted by molar-refractivity contribution is 0.156. The van der Waals surface area contributed by atoms with Gasteiger partial charge in [0.25, 0.3) is 10.2 Å². The van der Waals surface area contributed by atoms with E-state index < -0.39 is 16.3 Å². The number of nitrogens with zero attached hydrogens (tertiary/aromatic N) is 2. The molecule has 0 amide bonds. The van der Waals surface area contributed by atoms with Gasteiger partial charge in [-0.1, -0.05) is 0 Å². The van der Waals surface area contributed by atoms with Crippen LogP contribution in [0, 0.1) is 0 Å². The highest BCUT2D eigenvalue weighted by Gasteiger charge is 2.39. The summed E-state index contributed by atoms with van der Waals surface area (Å²) in [6, 6.07) is -0.0133. The van der Waals surface area contributed by atoms with Gasteiger partial charge >= 0.3 is 0 Å². The van der Waals surface area contributed by atoms with E-state index in [1.54, 1.807) is 15.5 Å². The minimum Gasteiger partial charge on any atom is -0.393 e. The average Bonchev–Trinajstić information content (AvgIpc) is 2.85. The maximum absolute atomic E-state index is 12.4. The Labute approximate surface area is 104 Å². The van der Waals surface area contributed by atoms with Crippen molar-refractivity contribution in [3.63, 3.8) is 0 Å². The van der Waals surface area contributed by atoms with Crippen molar-refractivity contribution in [2.24, 2.45) is 0 Å². The van der Waals surface area contributed by atoms with Crippen LogP contribution in [-0.2, 0) is 10.2 Å². The highest BCUT2D eigenvalue weighted by atomic mass is 32.2. The lowest BCUT2D eigenvalue weighted by atomic mass is 10.1. The van der Waals surface area contributed by atoms with Crippen LogP contribution in [0.3, 0.4) is 0 Å². The molecule has 2 atom stereocenters. The Bertz CT molecular complexity index is 350. The molecule has 2 aliphatic heterocycles. The van der Waals surface area contributed by atoms with Gasteiger partial charge in [0.1, 0.15) is 0 Å². The minimum atomic E-state index is -3.28. The predicted molar refractivity (Wildman–Crippen MR) is 65.8 cm³/mol. The molecular formula is C11H22N2O3S. The highest BCUT2D eigenvalue weighted by Crippen LogP contribution is 2.28. The fourth-order valence-electron chi connectivity index (χ4n) is 2.81. The van der Waals surface area contributed by atoms with Crippen LogP contribution < -0.4 is 0 Å². The highest BCUT2D eigenvalue weighted by molar-refractivity contribution is 7.86. The van der Waals surface area contributed by atoms with Gasteiger partial charge in [-0.05, 0) is 39.0 Å². The Morgan fingerprint density at radius 3 is 2.47 bits per heavy atom. The second-order valence-corrected chi connectivity index (χ2v) is 6.99. The van der Waals surface area contributed by atoms with Gasteiger partial charge in [-0.3, -0.25) is 0 Å². The molecule has 0 radical (unpaired) electrons. The summed E-state index contributed by atoms with van der Waals surface area (Å²) in [4.78, 5) is 0. The van der Waals surface area contributed by atoms with Crippen molar-refractivity contribution in [2.75, 3.05) is 19.6 Å². The van der Waals surface area contributed by atoms with E-state index in [9.17, 15) is 13.5 Å². The third kappa shape index (κ3) is 2.81. The van der Waals surface area contributed by atoms with Crippen molar-refractivity contribution in [3.8, 4) is 0 Å². The zero-order chi connectivity index (χ0) is 12.5. The third-order valence-electron chi connectivity index (χ3n) is 3.62. The molecule has 0 spiro atoms. The normalized spacial score (nSPS) is 29.9. The molecule has 2 fully saturated rings. The van der Waals surface area contributed by atoms with E-state index in [2.05, 4.69) is 0 Å². The van der Waals surface area contributed by atoms with Crippen LogP contribution in [0.15, 0.2) is 0 Å². The van der Waals surface area contributed by atoms with Crippen LogP contribution in [0.2, 0.25) is 0 Å². The van der Waals surface area contributed by atoms with Gasteiger partial charge in [0.2, 0.25) is 0 Å². The Kier molecular flexibility index (Phi) is 4.07. The summed E-state index contributed by atoms with van der Waals surface area (Å²) < 4.78 is 28.0. The maximum atomic E-state index is 12.4. The van der Waals surface area contributed by atoms with Crippen molar-refractivity contribution in [1.29, 1.82) is 0 Å². The number of hydrogen-bond acceptors (Lipinski definition) is 3. The molecule has 2 unspecified atom stereocenters. The number of hydrogen-bond donors (Lipinski definition) is 1. The Morgan fingerprint density at radius 2 is 1.88 bits per heavy atom. The maximum Gasteiger partial charge on any atom is 0.282 e. The van der Waals surface area contributed by atoms with Crippen LogP contribution >= 0.6 is 0 Å². The summed E-state index contributed by atoms with van der Waals surface area (Å²) in [5, 5.41) is 9.43. The van der Waals surface area contributed by atoms with E-state index in [-0.39, 0.29) is 6.04 Å². The molecule has 5 nitrogen and oxygen atoms in total.